The standard InChI is InChI=1S/C27H34F3N5O4.CH4/c1-2-39-23-6-4-22(5-7-23)33-13-9-19(10-14-33)18-31-26(36)34-15-11-20(12-16-34)32-21-3-8-25(35(37)38)24(17-21)27(28,29)30;/h3-8,17,19-20,32H,2,9-16,18H2,1H3,(H,31,36);1H4. The van der Waals surface area contributed by atoms with E-state index in [1.165, 1.54) is 11.8 Å². The van der Waals surface area contributed by atoms with Crippen molar-refractivity contribution in [2.75, 3.05) is 49.5 Å². The van der Waals surface area contributed by atoms with E-state index >= 15 is 0 Å². The van der Waals surface area contributed by atoms with Crippen molar-refractivity contribution in [2.45, 2.75) is 52.3 Å². The van der Waals surface area contributed by atoms with Crippen molar-refractivity contribution >= 4 is 23.1 Å². The van der Waals surface area contributed by atoms with Gasteiger partial charge in [-0.2, -0.15) is 13.2 Å². The molecule has 220 valence electrons. The summed E-state index contributed by atoms with van der Waals surface area (Å²) in [7, 11) is 0. The number of carbonyl (C=O) groups is 1. The summed E-state index contributed by atoms with van der Waals surface area (Å²) in [6, 6.07) is 10.8. The summed E-state index contributed by atoms with van der Waals surface area (Å²) < 4.78 is 45.3. The zero-order valence-corrected chi connectivity index (χ0v) is 21.9. The van der Waals surface area contributed by atoms with Crippen molar-refractivity contribution < 1.29 is 27.6 Å². The minimum absolute atomic E-state index is 0. The summed E-state index contributed by atoms with van der Waals surface area (Å²) in [5.41, 5.74) is -0.908. The van der Waals surface area contributed by atoms with Crippen molar-refractivity contribution in [1.29, 1.82) is 0 Å². The van der Waals surface area contributed by atoms with Crippen LogP contribution < -0.4 is 20.3 Å². The third kappa shape index (κ3) is 7.92. The predicted molar refractivity (Wildman–Crippen MR) is 149 cm³/mol. The third-order valence-electron chi connectivity index (χ3n) is 7.32. The van der Waals surface area contributed by atoms with E-state index in [0.717, 1.165) is 43.8 Å². The summed E-state index contributed by atoms with van der Waals surface area (Å²) in [6.45, 7) is 5.99. The molecule has 0 spiro atoms. The van der Waals surface area contributed by atoms with E-state index in [1.807, 2.05) is 19.1 Å². The Morgan fingerprint density at radius 2 is 1.70 bits per heavy atom. The molecular weight excluding hydrogens is 527 g/mol. The van der Waals surface area contributed by atoms with Crippen LogP contribution >= 0.6 is 0 Å². The van der Waals surface area contributed by atoms with Gasteiger partial charge in [-0.15, -0.1) is 0 Å². The Morgan fingerprint density at radius 1 is 1.05 bits per heavy atom. The molecule has 0 saturated carbocycles. The average molecular weight is 566 g/mol. The second-order valence-corrected chi connectivity index (χ2v) is 9.94. The molecule has 0 unspecified atom stereocenters. The molecule has 12 heteroatoms. The molecule has 40 heavy (non-hydrogen) atoms. The minimum Gasteiger partial charge on any atom is -0.494 e. The maximum Gasteiger partial charge on any atom is 0.423 e. The Bertz CT molecular complexity index is 1130. The Kier molecular flexibility index (Phi) is 10.5. The SMILES string of the molecule is C.CCOc1ccc(N2CCC(CNC(=O)N3CCC(Nc4ccc([N+](=O)[O-])c(C(F)(F)F)c4)CC3)CC2)cc1. The van der Waals surface area contributed by atoms with Gasteiger partial charge in [-0.1, -0.05) is 7.43 Å². The number of piperidine rings is 2. The lowest BCUT2D eigenvalue weighted by Gasteiger charge is -2.35. The van der Waals surface area contributed by atoms with Gasteiger partial charge in [-0.05, 0) is 74.9 Å². The van der Waals surface area contributed by atoms with Gasteiger partial charge in [0.05, 0.1) is 11.5 Å². The number of likely N-dealkylation sites (tertiary alicyclic amines) is 1. The van der Waals surface area contributed by atoms with Crippen molar-refractivity contribution in [1.82, 2.24) is 10.2 Å². The van der Waals surface area contributed by atoms with E-state index in [4.69, 9.17) is 4.74 Å². The second kappa shape index (κ2) is 13.6. The van der Waals surface area contributed by atoms with Gasteiger partial charge in [-0.3, -0.25) is 10.1 Å². The topological polar surface area (TPSA) is 100.0 Å². The van der Waals surface area contributed by atoms with E-state index in [1.54, 1.807) is 4.90 Å². The molecule has 0 aromatic heterocycles. The highest BCUT2D eigenvalue weighted by molar-refractivity contribution is 5.74. The van der Waals surface area contributed by atoms with Crippen LogP contribution in [-0.4, -0.2) is 61.2 Å². The first-order valence-corrected chi connectivity index (χ1v) is 13.3. The van der Waals surface area contributed by atoms with Gasteiger partial charge < -0.3 is 25.2 Å². The van der Waals surface area contributed by atoms with Crippen LogP contribution in [0.25, 0.3) is 0 Å². The van der Waals surface area contributed by atoms with E-state index in [0.29, 0.717) is 45.0 Å². The molecule has 2 aliphatic heterocycles. The minimum atomic E-state index is -4.83. The van der Waals surface area contributed by atoms with Crippen LogP contribution in [0.15, 0.2) is 42.5 Å². The first-order valence-electron chi connectivity index (χ1n) is 13.3. The van der Waals surface area contributed by atoms with Gasteiger partial charge >= 0.3 is 12.2 Å². The fraction of sp³-hybridized carbons (Fsp3) is 0.536. The molecule has 0 bridgehead atoms. The zero-order valence-electron chi connectivity index (χ0n) is 21.9. The molecule has 2 aliphatic rings. The van der Waals surface area contributed by atoms with E-state index in [2.05, 4.69) is 27.7 Å². The lowest BCUT2D eigenvalue weighted by molar-refractivity contribution is -0.388. The van der Waals surface area contributed by atoms with Crippen LogP contribution in [0.5, 0.6) is 5.75 Å². The quantitative estimate of drug-likeness (QED) is 0.294. The second-order valence-electron chi connectivity index (χ2n) is 9.94. The summed E-state index contributed by atoms with van der Waals surface area (Å²) in [6.07, 6.45) is -1.74. The Balaban J connectivity index is 0.00000441. The monoisotopic (exact) mass is 565 g/mol. The summed E-state index contributed by atoms with van der Waals surface area (Å²) in [5.74, 6) is 1.26. The normalized spacial score (nSPS) is 16.7. The summed E-state index contributed by atoms with van der Waals surface area (Å²) >= 11 is 0. The predicted octanol–water partition coefficient (Wildman–Crippen LogP) is 6.15. The zero-order chi connectivity index (χ0) is 28.0. The fourth-order valence-corrected chi connectivity index (χ4v) is 5.13. The van der Waals surface area contributed by atoms with Gasteiger partial charge in [0, 0.05) is 56.2 Å². The fourth-order valence-electron chi connectivity index (χ4n) is 5.13. The molecule has 4 rings (SSSR count). The highest BCUT2D eigenvalue weighted by atomic mass is 19.4. The Hall–Kier alpha value is -3.70. The highest BCUT2D eigenvalue weighted by Crippen LogP contribution is 2.38. The number of hydrogen-bond acceptors (Lipinski definition) is 6. The lowest BCUT2D eigenvalue weighted by atomic mass is 9.96. The molecule has 2 fully saturated rings. The van der Waals surface area contributed by atoms with Crippen LogP contribution in [0.4, 0.5) is 35.0 Å². The molecule has 0 aliphatic carbocycles. The number of rotatable bonds is 8. The molecule has 2 heterocycles. The number of carbonyl (C=O) groups excluding carboxylic acids is 1. The van der Waals surface area contributed by atoms with Crippen LogP contribution in [0.1, 0.15) is 45.6 Å². The number of hydrogen-bond donors (Lipinski definition) is 2. The lowest BCUT2D eigenvalue weighted by Crippen LogP contribution is -2.48. The number of nitro groups is 1. The van der Waals surface area contributed by atoms with Crippen LogP contribution in [0.2, 0.25) is 0 Å². The third-order valence-corrected chi connectivity index (χ3v) is 7.32. The number of nitrogens with zero attached hydrogens (tertiary/aromatic N) is 3. The summed E-state index contributed by atoms with van der Waals surface area (Å²) in [4.78, 5) is 26.7. The van der Waals surface area contributed by atoms with Gasteiger partial charge in [0.1, 0.15) is 11.3 Å². The van der Waals surface area contributed by atoms with Crippen molar-refractivity contribution in [3.8, 4) is 5.75 Å². The molecule has 2 amide bonds. The van der Waals surface area contributed by atoms with E-state index in [9.17, 15) is 28.1 Å². The Labute approximate surface area is 232 Å². The molecule has 2 aromatic rings. The van der Waals surface area contributed by atoms with Gasteiger partial charge in [0.2, 0.25) is 0 Å². The number of urea groups is 1. The highest BCUT2D eigenvalue weighted by Gasteiger charge is 2.38. The van der Waals surface area contributed by atoms with E-state index < -0.39 is 22.4 Å². The van der Waals surface area contributed by atoms with Crippen molar-refractivity contribution in [3.05, 3.63) is 58.1 Å². The molecule has 0 radical (unpaired) electrons. The van der Waals surface area contributed by atoms with Crippen LogP contribution in [-0.2, 0) is 6.18 Å². The van der Waals surface area contributed by atoms with Crippen LogP contribution in [0, 0.1) is 16.0 Å². The average Bonchev–Trinajstić information content (AvgIpc) is 2.92. The molecule has 2 saturated heterocycles. The number of amides is 2. The molecule has 2 N–H and O–H groups in total. The maximum absolute atomic E-state index is 13.3. The Morgan fingerprint density at radius 3 is 2.27 bits per heavy atom. The number of halogens is 3. The first-order chi connectivity index (χ1) is 18.6. The largest absolute Gasteiger partial charge is 0.494 e. The number of ether oxygens (including phenoxy) is 1. The maximum atomic E-state index is 13.3. The van der Waals surface area contributed by atoms with Gasteiger partial charge in [0.25, 0.3) is 5.69 Å². The number of nitro benzene ring substituents is 1. The molecule has 9 nitrogen and oxygen atoms in total. The van der Waals surface area contributed by atoms with Crippen molar-refractivity contribution in [3.63, 3.8) is 0 Å². The number of alkyl halides is 3. The van der Waals surface area contributed by atoms with Gasteiger partial charge in [-0.25, -0.2) is 4.79 Å². The number of anilines is 2. The number of benzene rings is 2. The van der Waals surface area contributed by atoms with E-state index in [-0.39, 0.29) is 25.2 Å². The molecule has 2 aromatic carbocycles. The van der Waals surface area contributed by atoms with Crippen LogP contribution in [0.3, 0.4) is 0 Å². The molecule has 0 atom stereocenters. The van der Waals surface area contributed by atoms with Gasteiger partial charge in [0.15, 0.2) is 0 Å². The molecular formula is C28H38F3N5O4. The van der Waals surface area contributed by atoms with Crippen molar-refractivity contribution in [2.24, 2.45) is 5.92 Å². The number of nitrogens with one attached hydrogen (secondary N) is 2. The first kappa shape index (κ1) is 30.8. The summed E-state index contributed by atoms with van der Waals surface area (Å²) in [5, 5.41) is 17.0. The smallest absolute Gasteiger partial charge is 0.423 e.